The summed E-state index contributed by atoms with van der Waals surface area (Å²) in [5.41, 5.74) is 5.83. The molecule has 1 aromatic heterocycles. The third kappa shape index (κ3) is 5.58. The summed E-state index contributed by atoms with van der Waals surface area (Å²) in [5.74, 6) is -2.77. The van der Waals surface area contributed by atoms with Crippen LogP contribution in [-0.2, 0) is 11.3 Å². The van der Waals surface area contributed by atoms with Gasteiger partial charge in [0.05, 0.1) is 29.4 Å². The third-order valence-corrected chi connectivity index (χ3v) is 5.47. The van der Waals surface area contributed by atoms with Crippen molar-refractivity contribution in [2.24, 2.45) is 5.73 Å². The van der Waals surface area contributed by atoms with Gasteiger partial charge >= 0.3 is 5.69 Å². The molecule has 3 aromatic rings. The fraction of sp³-hybridized carbons (Fsp3) is 0.217. The maximum absolute atomic E-state index is 13.5. The van der Waals surface area contributed by atoms with E-state index in [2.05, 4.69) is 15.6 Å². The molecule has 36 heavy (non-hydrogen) atoms. The lowest BCUT2D eigenvalue weighted by atomic mass is 10.1. The molecular weight excluding hydrogens is 478 g/mol. The molecule has 13 heteroatoms. The minimum Gasteiger partial charge on any atom is -0.502 e. The van der Waals surface area contributed by atoms with Crippen molar-refractivity contribution in [2.45, 2.75) is 6.54 Å². The van der Waals surface area contributed by atoms with Crippen LogP contribution >= 0.6 is 0 Å². The Labute approximate surface area is 203 Å². The Morgan fingerprint density at radius 2 is 1.83 bits per heavy atom. The lowest BCUT2D eigenvalue weighted by Gasteiger charge is -2.29. The maximum atomic E-state index is 13.5. The number of carbonyl (C=O) groups is 1. The van der Waals surface area contributed by atoms with Crippen molar-refractivity contribution in [3.8, 4) is 5.75 Å². The molecule has 0 spiro atoms. The number of nitro benzene ring substituents is 1. The number of halogens is 2. The first-order valence-electron chi connectivity index (χ1n) is 10.8. The average Bonchev–Trinajstić information content (AvgIpc) is 2.82. The number of aromatic hydroxyl groups is 1. The lowest BCUT2D eigenvalue weighted by molar-refractivity contribution is -0.384. The molecule has 188 valence electrons. The molecule has 0 aliphatic carbocycles. The second-order valence-corrected chi connectivity index (χ2v) is 7.95. The van der Waals surface area contributed by atoms with Crippen LogP contribution in [0.1, 0.15) is 15.9 Å². The van der Waals surface area contributed by atoms with E-state index in [1.807, 2.05) is 4.90 Å². The molecule has 1 fully saturated rings. The molecule has 1 aliphatic heterocycles. The summed E-state index contributed by atoms with van der Waals surface area (Å²) in [6.07, 6.45) is 1.16. The number of aromatic nitrogens is 1. The number of pyridine rings is 1. The second kappa shape index (κ2) is 10.4. The van der Waals surface area contributed by atoms with Gasteiger partial charge in [-0.25, -0.2) is 13.8 Å². The van der Waals surface area contributed by atoms with Crippen LogP contribution in [0, 0.1) is 21.7 Å². The molecule has 4 rings (SSSR count). The summed E-state index contributed by atoms with van der Waals surface area (Å²) in [4.78, 5) is 28.8. The van der Waals surface area contributed by atoms with Crippen LogP contribution in [0.15, 0.2) is 42.6 Å². The fourth-order valence-corrected chi connectivity index (χ4v) is 3.81. The van der Waals surface area contributed by atoms with E-state index in [-0.39, 0.29) is 34.9 Å². The second-order valence-electron chi connectivity index (χ2n) is 7.95. The molecule has 0 bridgehead atoms. The van der Waals surface area contributed by atoms with Crippen LogP contribution in [0.2, 0.25) is 0 Å². The van der Waals surface area contributed by atoms with E-state index in [1.165, 1.54) is 18.2 Å². The van der Waals surface area contributed by atoms with Crippen molar-refractivity contribution in [2.75, 3.05) is 41.8 Å². The molecule has 1 saturated heterocycles. The number of nitro groups is 1. The monoisotopic (exact) mass is 500 g/mol. The molecule has 0 saturated carbocycles. The van der Waals surface area contributed by atoms with Crippen LogP contribution < -0.4 is 21.3 Å². The number of anilines is 4. The molecule has 11 nitrogen and oxygen atoms in total. The van der Waals surface area contributed by atoms with Gasteiger partial charge < -0.3 is 31.1 Å². The fourth-order valence-electron chi connectivity index (χ4n) is 3.81. The van der Waals surface area contributed by atoms with Crippen molar-refractivity contribution >= 4 is 34.5 Å². The molecule has 2 heterocycles. The Bertz CT molecular complexity index is 1300. The van der Waals surface area contributed by atoms with E-state index in [0.717, 1.165) is 24.4 Å². The van der Waals surface area contributed by atoms with Gasteiger partial charge in [0.15, 0.2) is 5.75 Å². The zero-order valence-electron chi connectivity index (χ0n) is 18.8. The normalized spacial score (nSPS) is 13.3. The lowest BCUT2D eigenvalue weighted by Crippen LogP contribution is -2.36. The molecule has 0 atom stereocenters. The standard InChI is InChI=1S/C23H22F2N6O5/c24-14-5-13(6-15(25)7-14)11-27-18-10-21(28-12-17(18)23(26)33)29-19-8-16(30-1-3-36-4-2-30)9-20(32)22(19)31(34)35/h5-10,12,32H,1-4,11H2,(H2,26,33)(H2,27,28,29). The molecule has 2 aromatic carbocycles. The maximum Gasteiger partial charge on any atom is 0.334 e. The van der Waals surface area contributed by atoms with Crippen LogP contribution in [0.4, 0.5) is 37.3 Å². The van der Waals surface area contributed by atoms with E-state index in [1.54, 1.807) is 0 Å². The highest BCUT2D eigenvalue weighted by Crippen LogP contribution is 2.40. The summed E-state index contributed by atoms with van der Waals surface area (Å²) in [6.45, 7) is 1.97. The van der Waals surface area contributed by atoms with Gasteiger partial charge in [0.1, 0.15) is 23.1 Å². The van der Waals surface area contributed by atoms with Gasteiger partial charge in [0.25, 0.3) is 5.91 Å². The number of primary amides is 1. The number of morpholine rings is 1. The summed E-state index contributed by atoms with van der Waals surface area (Å²) in [6, 6.07) is 7.18. The van der Waals surface area contributed by atoms with Gasteiger partial charge in [-0.05, 0) is 23.8 Å². The van der Waals surface area contributed by atoms with Crippen LogP contribution in [0.25, 0.3) is 0 Å². The van der Waals surface area contributed by atoms with Crippen molar-refractivity contribution in [1.29, 1.82) is 0 Å². The Kier molecular flexibility index (Phi) is 7.10. The molecule has 0 unspecified atom stereocenters. The quantitative estimate of drug-likeness (QED) is 0.269. The Morgan fingerprint density at radius 1 is 1.14 bits per heavy atom. The predicted molar refractivity (Wildman–Crippen MR) is 128 cm³/mol. The smallest absolute Gasteiger partial charge is 0.334 e. The predicted octanol–water partition coefficient (Wildman–Crippen LogP) is 3.26. The van der Waals surface area contributed by atoms with Gasteiger partial charge in [0, 0.05) is 49.7 Å². The van der Waals surface area contributed by atoms with Crippen LogP contribution in [0.3, 0.4) is 0 Å². The number of benzene rings is 2. The first-order valence-corrected chi connectivity index (χ1v) is 10.8. The van der Waals surface area contributed by atoms with Gasteiger partial charge in [-0.3, -0.25) is 14.9 Å². The Balaban J connectivity index is 1.66. The zero-order valence-corrected chi connectivity index (χ0v) is 18.8. The largest absolute Gasteiger partial charge is 0.502 e. The number of phenolic OH excluding ortho intramolecular Hbond substituents is 1. The zero-order chi connectivity index (χ0) is 25.8. The van der Waals surface area contributed by atoms with E-state index in [9.17, 15) is 28.8 Å². The summed E-state index contributed by atoms with van der Waals surface area (Å²) in [5, 5.41) is 27.7. The number of ether oxygens (including phenoxy) is 1. The summed E-state index contributed by atoms with van der Waals surface area (Å²) < 4.78 is 32.4. The number of rotatable bonds is 8. The highest BCUT2D eigenvalue weighted by molar-refractivity contribution is 5.98. The average molecular weight is 500 g/mol. The summed E-state index contributed by atoms with van der Waals surface area (Å²) >= 11 is 0. The number of phenols is 1. The number of amides is 1. The van der Waals surface area contributed by atoms with Crippen LogP contribution in [-0.4, -0.2) is 47.2 Å². The van der Waals surface area contributed by atoms with Crippen molar-refractivity contribution in [3.63, 3.8) is 0 Å². The van der Waals surface area contributed by atoms with Gasteiger partial charge in [0.2, 0.25) is 0 Å². The molecule has 1 aliphatic rings. The van der Waals surface area contributed by atoms with Gasteiger partial charge in [-0.15, -0.1) is 0 Å². The van der Waals surface area contributed by atoms with Crippen molar-refractivity contribution in [3.05, 3.63) is 75.5 Å². The van der Waals surface area contributed by atoms with Gasteiger partial charge in [-0.1, -0.05) is 0 Å². The number of hydrogen-bond donors (Lipinski definition) is 4. The number of nitrogens with two attached hydrogens (primary N) is 1. The molecule has 1 amide bonds. The minimum atomic E-state index is -0.806. The topological polar surface area (TPSA) is 156 Å². The highest BCUT2D eigenvalue weighted by atomic mass is 19.1. The Morgan fingerprint density at radius 3 is 2.47 bits per heavy atom. The van der Waals surface area contributed by atoms with E-state index in [0.29, 0.717) is 32.0 Å². The SMILES string of the molecule is NC(=O)c1cnc(Nc2cc(N3CCOCC3)cc(O)c2[N+](=O)[O-])cc1NCc1cc(F)cc(F)c1. The minimum absolute atomic E-state index is 0.00293. The van der Waals surface area contributed by atoms with E-state index in [4.69, 9.17) is 10.5 Å². The van der Waals surface area contributed by atoms with Crippen molar-refractivity contribution < 1.29 is 28.3 Å². The highest BCUT2D eigenvalue weighted by Gasteiger charge is 2.24. The number of carbonyl (C=O) groups excluding carboxylic acids is 1. The van der Waals surface area contributed by atoms with Gasteiger partial charge in [-0.2, -0.15) is 0 Å². The molecule has 0 radical (unpaired) electrons. The molecule has 5 N–H and O–H groups in total. The van der Waals surface area contributed by atoms with Crippen LogP contribution in [0.5, 0.6) is 5.75 Å². The summed E-state index contributed by atoms with van der Waals surface area (Å²) in [7, 11) is 0. The van der Waals surface area contributed by atoms with Crippen molar-refractivity contribution in [1.82, 2.24) is 4.98 Å². The Hall–Kier alpha value is -4.52. The first kappa shape index (κ1) is 24.6. The third-order valence-electron chi connectivity index (χ3n) is 5.47. The van der Waals surface area contributed by atoms with E-state index >= 15 is 0 Å². The first-order chi connectivity index (χ1) is 17.2. The van der Waals surface area contributed by atoms with E-state index < -0.39 is 33.9 Å². The molecular formula is C23H22F2N6O5. The number of hydrogen-bond acceptors (Lipinski definition) is 9. The number of nitrogens with one attached hydrogen (secondary N) is 2. The number of nitrogens with zero attached hydrogens (tertiary/aromatic N) is 3.